The van der Waals surface area contributed by atoms with E-state index >= 15 is 0 Å². The van der Waals surface area contributed by atoms with Gasteiger partial charge in [-0.15, -0.1) is 0 Å². The van der Waals surface area contributed by atoms with Gasteiger partial charge in [-0.1, -0.05) is 12.1 Å². The van der Waals surface area contributed by atoms with Gasteiger partial charge in [-0.3, -0.25) is 0 Å². The van der Waals surface area contributed by atoms with Crippen molar-refractivity contribution in [3.8, 4) is 11.3 Å². The van der Waals surface area contributed by atoms with Crippen LogP contribution in [0.15, 0.2) is 30.5 Å². The lowest BCUT2D eigenvalue weighted by Gasteiger charge is -2.12. The minimum Gasteiger partial charge on any atom is -0.330 e. The second-order valence-electron chi connectivity index (χ2n) is 4.69. The lowest BCUT2D eigenvalue weighted by atomic mass is 10.1. The summed E-state index contributed by atoms with van der Waals surface area (Å²) in [4.78, 5) is 4.45. The summed E-state index contributed by atoms with van der Waals surface area (Å²) in [6.07, 6.45) is 4.03. The highest BCUT2D eigenvalue weighted by molar-refractivity contribution is 5.60. The summed E-state index contributed by atoms with van der Waals surface area (Å²) in [5.41, 5.74) is 1.44. The van der Waals surface area contributed by atoms with Crippen LogP contribution in [-0.4, -0.2) is 16.1 Å². The van der Waals surface area contributed by atoms with Crippen LogP contribution < -0.4 is 5.32 Å². The number of benzene rings is 1. The Hall–Kier alpha value is -1.68. The normalized spacial score (nSPS) is 19.3. The molecule has 1 aliphatic heterocycles. The number of imidazole rings is 1. The highest BCUT2D eigenvalue weighted by Gasteiger charge is 2.22. The van der Waals surface area contributed by atoms with Gasteiger partial charge >= 0.3 is 0 Å². The van der Waals surface area contributed by atoms with Crippen molar-refractivity contribution in [3.05, 3.63) is 42.1 Å². The van der Waals surface area contributed by atoms with Crippen molar-refractivity contribution in [3.63, 3.8) is 0 Å². The number of nitrogens with one attached hydrogen (secondary N) is 1. The van der Waals surface area contributed by atoms with Gasteiger partial charge in [-0.2, -0.15) is 0 Å². The maximum absolute atomic E-state index is 13.8. The molecule has 0 bridgehead atoms. The Morgan fingerprint density at radius 1 is 1.39 bits per heavy atom. The third kappa shape index (κ3) is 1.82. The number of hydrogen-bond acceptors (Lipinski definition) is 2. The van der Waals surface area contributed by atoms with E-state index in [1.54, 1.807) is 18.3 Å². The third-order valence-corrected chi connectivity index (χ3v) is 3.55. The fourth-order valence-electron chi connectivity index (χ4n) is 2.57. The number of halogens is 1. The molecule has 2 aromatic rings. The van der Waals surface area contributed by atoms with Crippen LogP contribution in [0.5, 0.6) is 0 Å². The molecule has 94 valence electrons. The summed E-state index contributed by atoms with van der Waals surface area (Å²) < 4.78 is 15.8. The highest BCUT2D eigenvalue weighted by atomic mass is 19.1. The van der Waals surface area contributed by atoms with E-state index in [9.17, 15) is 4.39 Å². The minimum atomic E-state index is -0.202. The van der Waals surface area contributed by atoms with Crippen molar-refractivity contribution in [2.75, 3.05) is 6.54 Å². The Balaban J connectivity index is 2.02. The van der Waals surface area contributed by atoms with Gasteiger partial charge in [0, 0.05) is 12.6 Å². The predicted octanol–water partition coefficient (Wildman–Crippen LogP) is 2.65. The maximum atomic E-state index is 13.8. The van der Waals surface area contributed by atoms with Crippen LogP contribution in [0.2, 0.25) is 0 Å². The van der Waals surface area contributed by atoms with Crippen LogP contribution in [-0.2, 0) is 7.05 Å². The lowest BCUT2D eigenvalue weighted by molar-refractivity contribution is 0.579. The molecule has 1 aromatic carbocycles. The van der Waals surface area contributed by atoms with E-state index in [1.165, 1.54) is 12.5 Å². The zero-order valence-electron chi connectivity index (χ0n) is 10.4. The van der Waals surface area contributed by atoms with Gasteiger partial charge < -0.3 is 9.88 Å². The first-order chi connectivity index (χ1) is 8.77. The molecular formula is C14H16FN3. The van der Waals surface area contributed by atoms with Gasteiger partial charge in [0.1, 0.15) is 11.6 Å². The average Bonchev–Trinajstić information content (AvgIpc) is 2.99. The van der Waals surface area contributed by atoms with Gasteiger partial charge in [0.05, 0.1) is 17.9 Å². The van der Waals surface area contributed by atoms with Crippen molar-refractivity contribution in [1.82, 2.24) is 14.9 Å². The molecule has 0 amide bonds. The van der Waals surface area contributed by atoms with Crippen molar-refractivity contribution < 1.29 is 4.39 Å². The summed E-state index contributed by atoms with van der Waals surface area (Å²) in [6.45, 7) is 1.03. The van der Waals surface area contributed by atoms with E-state index in [4.69, 9.17) is 0 Å². The van der Waals surface area contributed by atoms with E-state index in [2.05, 4.69) is 10.3 Å². The second-order valence-corrected chi connectivity index (χ2v) is 4.69. The molecule has 3 nitrogen and oxygen atoms in total. The fourth-order valence-corrected chi connectivity index (χ4v) is 2.57. The SMILES string of the molecule is Cn1c(-c2ccccc2F)cnc1C1CCCN1. The molecule has 1 fully saturated rings. The van der Waals surface area contributed by atoms with Crippen LogP contribution in [0.25, 0.3) is 11.3 Å². The Morgan fingerprint density at radius 2 is 2.22 bits per heavy atom. The Kier molecular flexibility index (Phi) is 2.88. The van der Waals surface area contributed by atoms with Crippen LogP contribution in [0.3, 0.4) is 0 Å². The van der Waals surface area contributed by atoms with Crippen LogP contribution in [0.1, 0.15) is 24.7 Å². The summed E-state index contributed by atoms with van der Waals surface area (Å²) >= 11 is 0. The Bertz CT molecular complexity index is 556. The van der Waals surface area contributed by atoms with E-state index < -0.39 is 0 Å². The zero-order valence-corrected chi connectivity index (χ0v) is 10.4. The first-order valence-corrected chi connectivity index (χ1v) is 6.27. The Labute approximate surface area is 106 Å². The fraction of sp³-hybridized carbons (Fsp3) is 0.357. The van der Waals surface area contributed by atoms with E-state index in [1.807, 2.05) is 17.7 Å². The molecule has 2 heterocycles. The van der Waals surface area contributed by atoms with Crippen molar-refractivity contribution in [2.24, 2.45) is 7.05 Å². The average molecular weight is 245 g/mol. The molecule has 1 aliphatic rings. The molecule has 0 saturated carbocycles. The van der Waals surface area contributed by atoms with E-state index in [-0.39, 0.29) is 5.82 Å². The predicted molar refractivity (Wildman–Crippen MR) is 68.6 cm³/mol. The molecular weight excluding hydrogens is 229 g/mol. The second kappa shape index (κ2) is 4.53. The summed E-state index contributed by atoms with van der Waals surface area (Å²) in [5.74, 6) is 0.789. The molecule has 3 rings (SSSR count). The molecule has 1 saturated heterocycles. The molecule has 1 unspecified atom stereocenters. The standard InChI is InChI=1S/C14H16FN3/c1-18-13(10-5-2-3-6-11(10)15)9-17-14(18)12-7-4-8-16-12/h2-3,5-6,9,12,16H,4,7-8H2,1H3. The van der Waals surface area contributed by atoms with Gasteiger partial charge in [-0.05, 0) is 31.5 Å². The van der Waals surface area contributed by atoms with Crippen molar-refractivity contribution in [1.29, 1.82) is 0 Å². The van der Waals surface area contributed by atoms with Crippen molar-refractivity contribution >= 4 is 0 Å². The largest absolute Gasteiger partial charge is 0.330 e. The lowest BCUT2D eigenvalue weighted by Crippen LogP contribution is -2.17. The van der Waals surface area contributed by atoms with Gasteiger partial charge in [-0.25, -0.2) is 9.37 Å². The monoisotopic (exact) mass is 245 g/mol. The highest BCUT2D eigenvalue weighted by Crippen LogP contribution is 2.27. The molecule has 1 aromatic heterocycles. The summed E-state index contributed by atoms with van der Waals surface area (Å²) in [6, 6.07) is 7.12. The zero-order chi connectivity index (χ0) is 12.5. The van der Waals surface area contributed by atoms with Gasteiger partial charge in [0.2, 0.25) is 0 Å². The van der Waals surface area contributed by atoms with Crippen LogP contribution >= 0.6 is 0 Å². The van der Waals surface area contributed by atoms with Crippen LogP contribution in [0, 0.1) is 5.82 Å². The molecule has 1 N–H and O–H groups in total. The number of rotatable bonds is 2. The quantitative estimate of drug-likeness (QED) is 0.881. The topological polar surface area (TPSA) is 29.9 Å². The smallest absolute Gasteiger partial charge is 0.132 e. The first-order valence-electron chi connectivity index (χ1n) is 6.27. The minimum absolute atomic E-state index is 0.202. The summed E-state index contributed by atoms with van der Waals surface area (Å²) in [5, 5.41) is 3.42. The number of aromatic nitrogens is 2. The summed E-state index contributed by atoms with van der Waals surface area (Å²) in [7, 11) is 1.95. The maximum Gasteiger partial charge on any atom is 0.132 e. The van der Waals surface area contributed by atoms with Crippen LogP contribution in [0.4, 0.5) is 4.39 Å². The molecule has 4 heteroatoms. The molecule has 1 atom stereocenters. The van der Waals surface area contributed by atoms with Crippen molar-refractivity contribution in [2.45, 2.75) is 18.9 Å². The third-order valence-electron chi connectivity index (χ3n) is 3.55. The van der Waals surface area contributed by atoms with E-state index in [0.717, 1.165) is 24.5 Å². The van der Waals surface area contributed by atoms with Gasteiger partial charge in [0.15, 0.2) is 0 Å². The molecule has 0 aliphatic carbocycles. The van der Waals surface area contributed by atoms with Gasteiger partial charge in [0.25, 0.3) is 0 Å². The van der Waals surface area contributed by atoms with E-state index in [0.29, 0.717) is 11.6 Å². The molecule has 0 radical (unpaired) electrons. The Morgan fingerprint density at radius 3 is 2.94 bits per heavy atom. The molecule has 0 spiro atoms. The molecule has 18 heavy (non-hydrogen) atoms. The number of hydrogen-bond donors (Lipinski definition) is 1. The number of nitrogens with zero attached hydrogens (tertiary/aromatic N) is 2. The first kappa shape index (κ1) is 11.4.